The minimum absolute atomic E-state index is 0.187. The first-order valence-electron chi connectivity index (χ1n) is 20.5. The van der Waals surface area contributed by atoms with E-state index in [0.717, 1.165) is 74.3 Å². The summed E-state index contributed by atoms with van der Waals surface area (Å²) in [5.74, 6) is 3.60. The minimum atomic E-state index is -2.94. The predicted octanol–water partition coefficient (Wildman–Crippen LogP) is 4.44. The van der Waals surface area contributed by atoms with Gasteiger partial charge in [0.2, 0.25) is 0 Å². The van der Waals surface area contributed by atoms with Gasteiger partial charge in [-0.2, -0.15) is 0 Å². The molecule has 2 saturated heterocycles. The SMILES string of the molecule is COc1ccc(CCc2nc3cc(-c4c(C)noc4C)cnc3n2CCN2CCS(=O)(=O)CC2)cc1F.Cc1noc(C)c1-c1cnc(NCCN2CCS(=O)(=O)CC2)c(N)c1. The van der Waals surface area contributed by atoms with Crippen LogP contribution in [0.25, 0.3) is 33.4 Å². The van der Waals surface area contributed by atoms with E-state index >= 15 is 0 Å². The number of hydrogen-bond donors (Lipinski definition) is 2. The van der Waals surface area contributed by atoms with E-state index in [1.54, 1.807) is 12.3 Å². The molecule has 2 aliphatic rings. The Morgan fingerprint density at radius 3 is 1.90 bits per heavy atom. The topological polar surface area (TPSA) is 218 Å². The highest BCUT2D eigenvalue weighted by Crippen LogP contribution is 2.31. The first kappa shape index (κ1) is 44.6. The number of nitrogens with one attached hydrogen (secondary N) is 1. The molecule has 0 bridgehead atoms. The van der Waals surface area contributed by atoms with Crippen molar-refractivity contribution in [2.45, 2.75) is 47.1 Å². The number of methoxy groups -OCH3 is 1. The molecular formula is C42H53FN10O7S2. The fourth-order valence-electron chi connectivity index (χ4n) is 7.82. The van der Waals surface area contributed by atoms with E-state index in [4.69, 9.17) is 29.5 Å². The second-order valence-electron chi connectivity index (χ2n) is 15.7. The monoisotopic (exact) mass is 892 g/mol. The number of hydrogen-bond acceptors (Lipinski definition) is 16. The molecule has 0 radical (unpaired) electrons. The van der Waals surface area contributed by atoms with Gasteiger partial charge in [0, 0.05) is 93.4 Å². The van der Waals surface area contributed by atoms with Crippen LogP contribution >= 0.6 is 0 Å². The number of pyridine rings is 2. The summed E-state index contributed by atoms with van der Waals surface area (Å²) in [5.41, 5.74) is 14.2. The first-order chi connectivity index (χ1) is 29.6. The van der Waals surface area contributed by atoms with Gasteiger partial charge in [-0.25, -0.2) is 36.2 Å². The van der Waals surface area contributed by atoms with Crippen LogP contribution in [0, 0.1) is 33.5 Å². The largest absolute Gasteiger partial charge is 0.494 e. The number of fused-ring (bicyclic) bond motifs is 1. The van der Waals surface area contributed by atoms with E-state index in [2.05, 4.69) is 35.0 Å². The summed E-state index contributed by atoms with van der Waals surface area (Å²) < 4.78 is 78.4. The molecule has 2 fully saturated rings. The van der Waals surface area contributed by atoms with Gasteiger partial charge in [-0.3, -0.25) is 9.80 Å². The number of nitrogen functional groups attached to an aromatic ring is 1. The average Bonchev–Trinajstić information content (AvgIpc) is 3.89. The molecule has 6 aromatic rings. The Labute approximate surface area is 360 Å². The molecule has 20 heteroatoms. The number of aryl methyl sites for hydroxylation is 6. The van der Waals surface area contributed by atoms with E-state index < -0.39 is 19.7 Å². The Bertz CT molecular complexity index is 2700. The van der Waals surface area contributed by atoms with Crippen molar-refractivity contribution >= 4 is 42.3 Å². The van der Waals surface area contributed by atoms with Crippen molar-refractivity contribution in [1.29, 1.82) is 0 Å². The van der Waals surface area contributed by atoms with Crippen molar-refractivity contribution < 1.29 is 35.0 Å². The highest BCUT2D eigenvalue weighted by atomic mass is 32.2. The molecule has 332 valence electrons. The second kappa shape index (κ2) is 18.9. The molecule has 0 spiro atoms. The van der Waals surface area contributed by atoms with E-state index in [1.807, 2.05) is 52.1 Å². The van der Waals surface area contributed by atoms with Gasteiger partial charge in [0.25, 0.3) is 0 Å². The lowest BCUT2D eigenvalue weighted by Gasteiger charge is -2.26. The van der Waals surface area contributed by atoms with Crippen LogP contribution in [0.2, 0.25) is 0 Å². The van der Waals surface area contributed by atoms with Gasteiger partial charge in [0.05, 0.1) is 47.2 Å². The zero-order chi connectivity index (χ0) is 44.2. The number of rotatable bonds is 13. The molecule has 5 aromatic heterocycles. The maximum atomic E-state index is 14.2. The fraction of sp³-hybridized carbons (Fsp3) is 0.452. The van der Waals surface area contributed by atoms with Crippen LogP contribution in [-0.4, -0.2) is 132 Å². The van der Waals surface area contributed by atoms with Crippen LogP contribution in [0.3, 0.4) is 0 Å². The number of nitrogens with two attached hydrogens (primary N) is 1. The molecule has 17 nitrogen and oxygen atoms in total. The maximum Gasteiger partial charge on any atom is 0.165 e. The Balaban J connectivity index is 0.000000201. The van der Waals surface area contributed by atoms with Gasteiger partial charge >= 0.3 is 0 Å². The standard InChI is InChI=1S/C26H30FN5O4S.C16H23N5O3S/c1-17-25(18(2)36-30-17)20-15-22-26(28-16-20)32(9-8-31-10-12-37(33,34)13-11-31)24(29-22)7-5-19-4-6-23(35-3)21(27)14-19;1-11-15(12(2)24-20-11)13-9-14(17)16(19-10-13)18-3-4-21-5-7-25(22,23)8-6-21/h4,6,14-16H,5,7-13H2,1-3H3;9-10H,3-8,17H2,1-2H3,(H,18,19). The summed E-state index contributed by atoms with van der Waals surface area (Å²) in [4.78, 5) is 18.4. The minimum Gasteiger partial charge on any atom is -0.494 e. The summed E-state index contributed by atoms with van der Waals surface area (Å²) in [6.45, 7) is 12.4. The van der Waals surface area contributed by atoms with Crippen molar-refractivity contribution in [3.63, 3.8) is 0 Å². The van der Waals surface area contributed by atoms with Gasteiger partial charge < -0.3 is 29.4 Å². The molecule has 0 atom stereocenters. The van der Waals surface area contributed by atoms with Crippen LogP contribution in [0.15, 0.2) is 51.8 Å². The number of nitrogens with zero attached hydrogens (tertiary/aromatic N) is 8. The Morgan fingerprint density at radius 1 is 0.774 bits per heavy atom. The zero-order valence-electron chi connectivity index (χ0n) is 35.6. The molecule has 8 rings (SSSR count). The highest BCUT2D eigenvalue weighted by Gasteiger charge is 2.24. The van der Waals surface area contributed by atoms with Crippen LogP contribution in [0.1, 0.15) is 34.3 Å². The van der Waals surface area contributed by atoms with Gasteiger partial charge in [-0.1, -0.05) is 16.4 Å². The summed E-state index contributed by atoms with van der Waals surface area (Å²) in [7, 11) is -4.33. The molecule has 7 heterocycles. The lowest BCUT2D eigenvalue weighted by atomic mass is 10.1. The Hall–Kier alpha value is -5.44. The van der Waals surface area contributed by atoms with E-state index in [9.17, 15) is 21.2 Å². The summed E-state index contributed by atoms with van der Waals surface area (Å²) in [6, 6.07) is 8.84. The van der Waals surface area contributed by atoms with E-state index in [0.29, 0.717) is 70.2 Å². The number of sulfone groups is 2. The number of benzene rings is 1. The normalized spacial score (nSPS) is 16.5. The van der Waals surface area contributed by atoms with Crippen LogP contribution < -0.4 is 15.8 Å². The van der Waals surface area contributed by atoms with Gasteiger partial charge in [-0.15, -0.1) is 0 Å². The first-order valence-corrected chi connectivity index (χ1v) is 24.1. The van der Waals surface area contributed by atoms with Crippen molar-refractivity contribution in [2.24, 2.45) is 0 Å². The summed E-state index contributed by atoms with van der Waals surface area (Å²) in [5, 5.41) is 11.2. The molecule has 0 unspecified atom stereocenters. The summed E-state index contributed by atoms with van der Waals surface area (Å²) in [6.07, 6.45) is 4.75. The Morgan fingerprint density at radius 2 is 1.35 bits per heavy atom. The molecule has 2 aliphatic heterocycles. The van der Waals surface area contributed by atoms with Crippen molar-refractivity contribution in [1.82, 2.24) is 39.6 Å². The molecule has 62 heavy (non-hydrogen) atoms. The van der Waals surface area contributed by atoms with Gasteiger partial charge in [0.15, 0.2) is 36.9 Å². The molecule has 1 aromatic carbocycles. The number of halogens is 1. The molecule has 3 N–H and O–H groups in total. The molecule has 0 aliphatic carbocycles. The molecule has 0 amide bonds. The average molecular weight is 893 g/mol. The molecule has 0 saturated carbocycles. The number of aromatic nitrogens is 6. The van der Waals surface area contributed by atoms with Crippen LogP contribution in [-0.2, 0) is 39.1 Å². The van der Waals surface area contributed by atoms with Crippen molar-refractivity contribution in [2.75, 3.05) is 87.0 Å². The summed E-state index contributed by atoms with van der Waals surface area (Å²) >= 11 is 0. The Kier molecular flexibility index (Phi) is 13.6. The lowest BCUT2D eigenvalue weighted by molar-refractivity contribution is 0.283. The second-order valence-corrected chi connectivity index (χ2v) is 20.3. The van der Waals surface area contributed by atoms with Gasteiger partial charge in [-0.05, 0) is 63.9 Å². The highest BCUT2D eigenvalue weighted by molar-refractivity contribution is 7.91. The quantitative estimate of drug-likeness (QED) is 0.164. The number of imidazole rings is 1. The third-order valence-electron chi connectivity index (χ3n) is 11.3. The van der Waals surface area contributed by atoms with Crippen molar-refractivity contribution in [3.05, 3.63) is 82.8 Å². The maximum absolute atomic E-state index is 14.2. The van der Waals surface area contributed by atoms with E-state index in [1.165, 1.54) is 13.2 Å². The number of anilines is 2. The fourth-order valence-corrected chi connectivity index (χ4v) is 10.4. The third-order valence-corrected chi connectivity index (χ3v) is 14.5. The van der Waals surface area contributed by atoms with Crippen molar-refractivity contribution in [3.8, 4) is 28.0 Å². The molecular weight excluding hydrogens is 840 g/mol. The van der Waals surface area contributed by atoms with Gasteiger partial charge in [0.1, 0.15) is 28.7 Å². The van der Waals surface area contributed by atoms with E-state index in [-0.39, 0.29) is 34.6 Å². The number of ether oxygens (including phenoxy) is 1. The smallest absolute Gasteiger partial charge is 0.165 e. The third kappa shape index (κ3) is 10.6. The zero-order valence-corrected chi connectivity index (χ0v) is 37.3. The lowest BCUT2D eigenvalue weighted by Crippen LogP contribution is -2.42. The predicted molar refractivity (Wildman–Crippen MR) is 235 cm³/mol. The van der Waals surface area contributed by atoms with Crippen LogP contribution in [0.5, 0.6) is 5.75 Å². The van der Waals surface area contributed by atoms with Crippen LogP contribution in [0.4, 0.5) is 15.9 Å².